The van der Waals surface area contributed by atoms with Crippen LogP contribution in [0.3, 0.4) is 0 Å². The third kappa shape index (κ3) is 3.28. The first kappa shape index (κ1) is 22.5. The molecule has 7 rings (SSSR count). The summed E-state index contributed by atoms with van der Waals surface area (Å²) in [6.45, 7) is 5.80. The van der Waals surface area contributed by atoms with Crippen LogP contribution in [-0.2, 0) is 22.4 Å². The second-order valence-electron chi connectivity index (χ2n) is 14.1. The molecule has 0 N–H and O–H groups in total. The largest absolute Gasteiger partial charge is 0.460 e. The molecule has 190 valence electrons. The Bertz CT molecular complexity index is 1060. The van der Waals surface area contributed by atoms with Gasteiger partial charge in [-0.15, -0.1) is 0 Å². The number of hydrogen-bond acceptors (Lipinski definition) is 4. The van der Waals surface area contributed by atoms with Crippen LogP contribution in [0.4, 0.5) is 0 Å². The van der Waals surface area contributed by atoms with Crippen molar-refractivity contribution < 1.29 is 14.3 Å². The average molecular weight is 479 g/mol. The minimum Gasteiger partial charge on any atom is -0.460 e. The fraction of sp³-hybridized carbons (Fsp3) is 0.833. The Morgan fingerprint density at radius 2 is 1.83 bits per heavy atom. The molecule has 6 aliphatic carbocycles. The monoisotopic (exact) mass is 478 g/mol. The maximum absolute atomic E-state index is 13.9. The lowest BCUT2D eigenvalue weighted by Gasteiger charge is -2.71. The van der Waals surface area contributed by atoms with Gasteiger partial charge in [0.05, 0.1) is 12.0 Å². The summed E-state index contributed by atoms with van der Waals surface area (Å²) >= 11 is 0. The fourth-order valence-corrected chi connectivity index (χ4v) is 9.98. The van der Waals surface area contributed by atoms with E-state index in [1.807, 2.05) is 20.8 Å². The minimum absolute atomic E-state index is 0.115. The second kappa shape index (κ2) is 7.68. The van der Waals surface area contributed by atoms with Gasteiger partial charge in [-0.3, -0.25) is 14.3 Å². The Hall–Kier alpha value is -1.65. The van der Waals surface area contributed by atoms with E-state index in [0.717, 1.165) is 54.9 Å². The smallest absolute Gasteiger partial charge is 0.309 e. The molecule has 7 unspecified atom stereocenters. The van der Waals surface area contributed by atoms with Crippen molar-refractivity contribution in [3.8, 4) is 0 Å². The van der Waals surface area contributed by atoms with E-state index in [9.17, 15) is 9.59 Å². The zero-order valence-electron chi connectivity index (χ0n) is 21.9. The van der Waals surface area contributed by atoms with Gasteiger partial charge < -0.3 is 4.74 Å². The molecule has 0 amide bonds. The van der Waals surface area contributed by atoms with E-state index < -0.39 is 5.60 Å². The molecule has 7 atom stereocenters. The predicted molar refractivity (Wildman–Crippen MR) is 133 cm³/mol. The summed E-state index contributed by atoms with van der Waals surface area (Å²) in [5.41, 5.74) is 3.20. The highest BCUT2D eigenvalue weighted by molar-refractivity contribution is 5.96. The quantitative estimate of drug-likeness (QED) is 0.379. The third-order valence-electron chi connectivity index (χ3n) is 11.2. The molecule has 5 heteroatoms. The zero-order valence-corrected chi connectivity index (χ0v) is 21.9. The van der Waals surface area contributed by atoms with Crippen molar-refractivity contribution in [2.75, 3.05) is 0 Å². The number of hydrogen-bond donors (Lipinski definition) is 0. The standard InChI is InChI=1S/C30H42N2O3/c1-29(2,3)35-28(34)18-9-10-25-22(13-18)27(31-32(25)20-7-5-4-6-8-20)26(33)15-21-23-12-17-11-19-14-24(21)30(19,23)16-17/h17-21,23-24H,4-16H2,1-3H3. The second-order valence-corrected chi connectivity index (χ2v) is 14.1. The van der Waals surface area contributed by atoms with Crippen LogP contribution in [0.1, 0.15) is 119 Å². The molecule has 1 aromatic heterocycles. The molecule has 1 aromatic rings. The van der Waals surface area contributed by atoms with Crippen molar-refractivity contribution in [3.63, 3.8) is 0 Å². The minimum atomic E-state index is -0.482. The summed E-state index contributed by atoms with van der Waals surface area (Å²) < 4.78 is 7.99. The number of nitrogens with zero attached hydrogens (tertiary/aromatic N) is 2. The molecule has 1 heterocycles. The van der Waals surface area contributed by atoms with Gasteiger partial charge in [0.25, 0.3) is 0 Å². The Morgan fingerprint density at radius 1 is 1.06 bits per heavy atom. The van der Waals surface area contributed by atoms with Crippen LogP contribution in [0.5, 0.6) is 0 Å². The lowest BCUT2D eigenvalue weighted by atomic mass is 9.33. The number of rotatable bonds is 5. The maximum atomic E-state index is 13.9. The first-order valence-corrected chi connectivity index (χ1v) is 14.6. The lowest BCUT2D eigenvalue weighted by molar-refractivity contribution is -0.226. The van der Waals surface area contributed by atoms with E-state index in [0.29, 0.717) is 35.9 Å². The van der Waals surface area contributed by atoms with Crippen LogP contribution in [0.2, 0.25) is 0 Å². The molecule has 0 saturated heterocycles. The van der Waals surface area contributed by atoms with Crippen molar-refractivity contribution in [1.82, 2.24) is 9.78 Å². The van der Waals surface area contributed by atoms with Gasteiger partial charge in [0, 0.05) is 17.7 Å². The van der Waals surface area contributed by atoms with Crippen molar-refractivity contribution >= 4 is 11.8 Å². The van der Waals surface area contributed by atoms with Crippen LogP contribution in [0.15, 0.2) is 0 Å². The van der Waals surface area contributed by atoms with E-state index in [1.165, 1.54) is 50.6 Å². The highest BCUT2D eigenvalue weighted by Crippen LogP contribution is 2.83. The van der Waals surface area contributed by atoms with Gasteiger partial charge >= 0.3 is 5.97 Å². The van der Waals surface area contributed by atoms with Gasteiger partial charge in [-0.25, -0.2) is 0 Å². The third-order valence-corrected chi connectivity index (χ3v) is 11.2. The molecule has 1 spiro atoms. The van der Waals surface area contributed by atoms with Gasteiger partial charge in [-0.05, 0) is 114 Å². The van der Waals surface area contributed by atoms with Crippen molar-refractivity contribution in [3.05, 3.63) is 17.0 Å². The van der Waals surface area contributed by atoms with E-state index in [-0.39, 0.29) is 17.7 Å². The summed E-state index contributed by atoms with van der Waals surface area (Å²) in [4.78, 5) is 26.8. The Morgan fingerprint density at radius 3 is 2.57 bits per heavy atom. The first-order chi connectivity index (χ1) is 16.7. The van der Waals surface area contributed by atoms with Crippen LogP contribution in [0.25, 0.3) is 0 Å². The van der Waals surface area contributed by atoms with E-state index in [1.54, 1.807) is 0 Å². The van der Waals surface area contributed by atoms with E-state index in [4.69, 9.17) is 9.84 Å². The predicted octanol–water partition coefficient (Wildman–Crippen LogP) is 6.09. The molecule has 0 aromatic carbocycles. The zero-order chi connectivity index (χ0) is 24.1. The molecule has 6 aliphatic rings. The van der Waals surface area contributed by atoms with Crippen molar-refractivity contribution in [2.45, 2.75) is 116 Å². The van der Waals surface area contributed by atoms with E-state index >= 15 is 0 Å². The summed E-state index contributed by atoms with van der Waals surface area (Å²) in [7, 11) is 0. The van der Waals surface area contributed by atoms with Crippen LogP contribution >= 0.6 is 0 Å². The number of aromatic nitrogens is 2. The number of carbonyl (C=O) groups is 2. The highest BCUT2D eigenvalue weighted by Gasteiger charge is 2.77. The number of ether oxygens (including phenoxy) is 1. The van der Waals surface area contributed by atoms with Gasteiger partial charge in [-0.2, -0.15) is 5.10 Å². The Kier molecular flexibility index (Phi) is 4.94. The number of fused-ring (bicyclic) bond motifs is 2. The van der Waals surface area contributed by atoms with Gasteiger partial charge in [-0.1, -0.05) is 19.3 Å². The first-order valence-electron chi connectivity index (χ1n) is 14.6. The topological polar surface area (TPSA) is 61.2 Å². The van der Waals surface area contributed by atoms with Crippen LogP contribution in [-0.4, -0.2) is 27.1 Å². The average Bonchev–Trinajstić information content (AvgIpc) is 3.47. The fourth-order valence-electron chi connectivity index (χ4n) is 9.98. The van der Waals surface area contributed by atoms with Crippen LogP contribution in [0, 0.1) is 40.9 Å². The molecule has 0 radical (unpaired) electrons. The number of Topliss-reactive ketones (excluding diaryl/α,β-unsaturated/α-hetero) is 1. The molecule has 35 heavy (non-hydrogen) atoms. The summed E-state index contributed by atoms with van der Waals surface area (Å²) in [5.74, 6) is 4.10. The van der Waals surface area contributed by atoms with Gasteiger partial charge in [0.2, 0.25) is 0 Å². The van der Waals surface area contributed by atoms with Gasteiger partial charge in [0.1, 0.15) is 11.3 Å². The Labute approximate surface area is 209 Å². The number of esters is 1. The molecular formula is C30H42N2O3. The van der Waals surface area contributed by atoms with Crippen molar-refractivity contribution in [2.24, 2.45) is 40.9 Å². The van der Waals surface area contributed by atoms with E-state index in [2.05, 4.69) is 4.68 Å². The maximum Gasteiger partial charge on any atom is 0.309 e. The van der Waals surface area contributed by atoms with Crippen LogP contribution < -0.4 is 0 Å². The SMILES string of the molecule is CC(C)(C)OC(=O)C1CCc2c(c(C(=O)CC3C4CC5CC6CC3C64C5)nn2C2CCCCC2)C1. The number of carbonyl (C=O) groups excluding carboxylic acids is 2. The summed E-state index contributed by atoms with van der Waals surface area (Å²) in [6, 6.07) is 0.419. The summed E-state index contributed by atoms with van der Waals surface area (Å²) in [6.07, 6.45) is 14.7. The molecule has 2 bridgehead atoms. The molecule has 5 fully saturated rings. The lowest BCUT2D eigenvalue weighted by Crippen LogP contribution is -2.65. The van der Waals surface area contributed by atoms with Crippen molar-refractivity contribution in [1.29, 1.82) is 0 Å². The molecule has 5 nitrogen and oxygen atoms in total. The highest BCUT2D eigenvalue weighted by atomic mass is 16.6. The molecule has 0 aliphatic heterocycles. The van der Waals surface area contributed by atoms with Gasteiger partial charge in [0.15, 0.2) is 5.78 Å². The normalized spacial score (nSPS) is 39.4. The Balaban J connectivity index is 1.15. The molecular weight excluding hydrogens is 436 g/mol. The summed E-state index contributed by atoms with van der Waals surface area (Å²) in [5, 5.41) is 5.08. The molecule has 5 saturated carbocycles. The number of ketones is 1.